The number of para-hydroxylation sites is 1. The first-order valence-corrected chi connectivity index (χ1v) is 8.61. The summed E-state index contributed by atoms with van der Waals surface area (Å²) in [5, 5.41) is 3.40. The first-order chi connectivity index (χ1) is 12.3. The molecule has 0 bridgehead atoms. The summed E-state index contributed by atoms with van der Waals surface area (Å²) in [5.41, 5.74) is 3.52. The van der Waals surface area contributed by atoms with Crippen molar-refractivity contribution < 1.29 is 4.79 Å². The summed E-state index contributed by atoms with van der Waals surface area (Å²) in [6, 6.07) is 15.4. The minimum Gasteiger partial charge on any atom is -0.346 e. The van der Waals surface area contributed by atoms with E-state index < -0.39 is 0 Å². The van der Waals surface area contributed by atoms with Gasteiger partial charge in [0.15, 0.2) is 5.01 Å². The molecule has 3 heterocycles. The van der Waals surface area contributed by atoms with Crippen LogP contribution >= 0.6 is 11.3 Å². The third kappa shape index (κ3) is 3.25. The lowest BCUT2D eigenvalue weighted by molar-refractivity contribution is 0.0951. The van der Waals surface area contributed by atoms with E-state index in [1.165, 1.54) is 11.3 Å². The van der Waals surface area contributed by atoms with Gasteiger partial charge in [0.1, 0.15) is 0 Å². The van der Waals surface area contributed by atoms with Gasteiger partial charge in [-0.15, -0.1) is 11.3 Å². The van der Waals surface area contributed by atoms with Crippen molar-refractivity contribution in [2.75, 3.05) is 0 Å². The van der Waals surface area contributed by atoms with E-state index in [9.17, 15) is 4.79 Å². The predicted molar refractivity (Wildman–Crippen MR) is 98.3 cm³/mol. The lowest BCUT2D eigenvalue weighted by atomic mass is 10.1. The van der Waals surface area contributed by atoms with E-state index in [0.717, 1.165) is 27.0 Å². The van der Waals surface area contributed by atoms with Crippen molar-refractivity contribution in [2.45, 2.75) is 6.54 Å². The number of rotatable bonds is 4. The largest absolute Gasteiger partial charge is 0.346 e. The monoisotopic (exact) mass is 346 g/mol. The Morgan fingerprint density at radius 2 is 1.92 bits per heavy atom. The Kier molecular flexibility index (Phi) is 4.18. The molecule has 0 fully saturated rings. The zero-order valence-electron chi connectivity index (χ0n) is 13.2. The molecular weight excluding hydrogens is 332 g/mol. The summed E-state index contributed by atoms with van der Waals surface area (Å²) in [6.45, 7) is 0.382. The number of hydrogen-bond donors (Lipinski definition) is 1. The highest BCUT2D eigenvalue weighted by molar-refractivity contribution is 7.20. The van der Waals surface area contributed by atoms with Gasteiger partial charge in [0, 0.05) is 30.7 Å². The fraction of sp³-hybridized carbons (Fsp3) is 0.0526. The number of carbonyl (C=O) groups excluding carboxylic acids is 1. The highest BCUT2D eigenvalue weighted by atomic mass is 32.1. The molecule has 0 aliphatic carbocycles. The molecule has 0 radical (unpaired) electrons. The molecular formula is C19H14N4OS. The van der Waals surface area contributed by atoms with Crippen LogP contribution in [-0.2, 0) is 6.54 Å². The smallest absolute Gasteiger partial charge is 0.280 e. The Morgan fingerprint density at radius 3 is 2.76 bits per heavy atom. The Labute approximate surface area is 148 Å². The molecule has 0 aliphatic heterocycles. The average molecular weight is 346 g/mol. The molecule has 4 rings (SSSR count). The van der Waals surface area contributed by atoms with Crippen molar-refractivity contribution >= 4 is 27.5 Å². The predicted octanol–water partition coefficient (Wildman–Crippen LogP) is 3.68. The number of thiazole rings is 1. The normalized spacial score (nSPS) is 10.7. The van der Waals surface area contributed by atoms with Gasteiger partial charge in [-0.25, -0.2) is 4.98 Å². The number of benzene rings is 1. The molecule has 0 unspecified atom stereocenters. The second-order valence-corrected chi connectivity index (χ2v) is 6.45. The molecule has 0 saturated heterocycles. The van der Waals surface area contributed by atoms with Crippen molar-refractivity contribution in [2.24, 2.45) is 0 Å². The van der Waals surface area contributed by atoms with E-state index in [-0.39, 0.29) is 5.91 Å². The summed E-state index contributed by atoms with van der Waals surface area (Å²) >= 11 is 1.39. The zero-order chi connectivity index (χ0) is 17.1. The molecule has 0 atom stereocenters. The van der Waals surface area contributed by atoms with E-state index in [1.807, 2.05) is 48.5 Å². The van der Waals surface area contributed by atoms with Gasteiger partial charge in [-0.05, 0) is 35.9 Å². The molecule has 1 N–H and O–H groups in total. The summed E-state index contributed by atoms with van der Waals surface area (Å²) in [4.78, 5) is 25.4. The quantitative estimate of drug-likeness (QED) is 0.612. The molecule has 25 heavy (non-hydrogen) atoms. The van der Waals surface area contributed by atoms with Gasteiger partial charge in [0.2, 0.25) is 0 Å². The van der Waals surface area contributed by atoms with Gasteiger partial charge in [-0.1, -0.05) is 18.2 Å². The van der Waals surface area contributed by atoms with E-state index in [4.69, 9.17) is 0 Å². The second-order valence-electron chi connectivity index (χ2n) is 5.42. The molecule has 1 aromatic carbocycles. The maximum atomic E-state index is 12.4. The van der Waals surface area contributed by atoms with Crippen LogP contribution < -0.4 is 5.32 Å². The first-order valence-electron chi connectivity index (χ1n) is 7.79. The Morgan fingerprint density at radius 1 is 1.04 bits per heavy atom. The van der Waals surface area contributed by atoms with Crippen LogP contribution in [0.5, 0.6) is 0 Å². The minimum absolute atomic E-state index is 0.179. The van der Waals surface area contributed by atoms with Gasteiger partial charge in [0.25, 0.3) is 5.91 Å². The van der Waals surface area contributed by atoms with Crippen LogP contribution in [0, 0.1) is 0 Å². The Bertz CT molecular complexity index is 997. The first kappa shape index (κ1) is 15.4. The lowest BCUT2D eigenvalue weighted by Gasteiger charge is -2.09. The number of fused-ring (bicyclic) bond motifs is 1. The van der Waals surface area contributed by atoms with Crippen LogP contribution in [-0.4, -0.2) is 20.9 Å². The lowest BCUT2D eigenvalue weighted by Crippen LogP contribution is -2.23. The van der Waals surface area contributed by atoms with Crippen LogP contribution in [0.15, 0.2) is 67.1 Å². The maximum Gasteiger partial charge on any atom is 0.280 e. The van der Waals surface area contributed by atoms with E-state index in [1.54, 1.807) is 18.6 Å². The van der Waals surface area contributed by atoms with Crippen LogP contribution in [0.3, 0.4) is 0 Å². The molecule has 0 saturated carbocycles. The topological polar surface area (TPSA) is 67.8 Å². The van der Waals surface area contributed by atoms with Crippen molar-refractivity contribution in [3.05, 3.63) is 77.7 Å². The summed E-state index contributed by atoms with van der Waals surface area (Å²) < 4.78 is 1.00. The number of aromatic nitrogens is 3. The average Bonchev–Trinajstić information content (AvgIpc) is 3.11. The molecule has 0 aliphatic rings. The van der Waals surface area contributed by atoms with Crippen molar-refractivity contribution in [3.63, 3.8) is 0 Å². The summed E-state index contributed by atoms with van der Waals surface area (Å²) in [5.74, 6) is -0.179. The third-order valence-electron chi connectivity index (χ3n) is 3.75. The van der Waals surface area contributed by atoms with Crippen LogP contribution in [0.2, 0.25) is 0 Å². The van der Waals surface area contributed by atoms with Gasteiger partial charge in [-0.3, -0.25) is 14.8 Å². The Balaban J connectivity index is 1.54. The molecule has 5 nitrogen and oxygen atoms in total. The SMILES string of the molecule is O=C(NCc1cccnc1-c1cccnc1)c1nc2ccccc2s1. The Hall–Kier alpha value is -3.12. The molecule has 6 heteroatoms. The van der Waals surface area contributed by atoms with E-state index >= 15 is 0 Å². The number of hydrogen-bond acceptors (Lipinski definition) is 5. The van der Waals surface area contributed by atoms with Gasteiger partial charge in [-0.2, -0.15) is 0 Å². The highest BCUT2D eigenvalue weighted by Crippen LogP contribution is 2.22. The van der Waals surface area contributed by atoms with Gasteiger partial charge >= 0.3 is 0 Å². The van der Waals surface area contributed by atoms with Crippen molar-refractivity contribution in [1.29, 1.82) is 0 Å². The standard InChI is InChI=1S/C19H14N4OS/c24-18(19-23-15-7-1-2-8-16(15)25-19)22-12-14-6-4-10-21-17(14)13-5-3-9-20-11-13/h1-11H,12H2,(H,22,24). The van der Waals surface area contributed by atoms with E-state index in [2.05, 4.69) is 20.3 Å². The fourth-order valence-corrected chi connectivity index (χ4v) is 3.45. The van der Waals surface area contributed by atoms with E-state index in [0.29, 0.717) is 11.6 Å². The van der Waals surface area contributed by atoms with Gasteiger partial charge < -0.3 is 5.32 Å². The molecule has 1 amide bonds. The summed E-state index contributed by atoms with van der Waals surface area (Å²) in [7, 11) is 0. The fourth-order valence-electron chi connectivity index (χ4n) is 2.56. The van der Waals surface area contributed by atoms with Crippen LogP contribution in [0.4, 0.5) is 0 Å². The van der Waals surface area contributed by atoms with Gasteiger partial charge in [0.05, 0.1) is 15.9 Å². The van der Waals surface area contributed by atoms with Crippen molar-refractivity contribution in [3.8, 4) is 11.3 Å². The molecule has 0 spiro atoms. The second kappa shape index (κ2) is 6.78. The third-order valence-corrected chi connectivity index (χ3v) is 4.79. The number of amides is 1. The van der Waals surface area contributed by atoms with Crippen LogP contribution in [0.1, 0.15) is 15.4 Å². The molecule has 3 aromatic heterocycles. The summed E-state index contributed by atoms with van der Waals surface area (Å²) in [6.07, 6.45) is 5.23. The van der Waals surface area contributed by atoms with Crippen molar-refractivity contribution in [1.82, 2.24) is 20.3 Å². The maximum absolute atomic E-state index is 12.4. The number of pyridine rings is 2. The number of carbonyl (C=O) groups is 1. The number of nitrogens with zero attached hydrogens (tertiary/aromatic N) is 3. The highest BCUT2D eigenvalue weighted by Gasteiger charge is 2.13. The minimum atomic E-state index is -0.179. The molecule has 122 valence electrons. The molecule has 4 aromatic rings. The van der Waals surface area contributed by atoms with Crippen LogP contribution in [0.25, 0.3) is 21.5 Å². The zero-order valence-corrected chi connectivity index (χ0v) is 14.0. The number of nitrogens with one attached hydrogen (secondary N) is 1.